The van der Waals surface area contributed by atoms with E-state index >= 15 is 0 Å². The first-order chi connectivity index (χ1) is 17.3. The first kappa shape index (κ1) is 25.5. The Balaban J connectivity index is 1.27. The maximum atomic E-state index is 12.5. The fourth-order valence-corrected chi connectivity index (χ4v) is 4.77. The van der Waals surface area contributed by atoms with Crippen molar-refractivity contribution < 1.29 is 19.1 Å². The van der Waals surface area contributed by atoms with Crippen LogP contribution in [0.4, 0.5) is 10.8 Å². The topological polar surface area (TPSA) is 92.8 Å². The highest BCUT2D eigenvalue weighted by atomic mass is 32.1. The molecule has 36 heavy (non-hydrogen) atoms. The molecular weight excluding hydrogens is 476 g/mol. The smallest absolute Gasteiger partial charge is 0.271 e. The molecule has 9 heteroatoms. The number of benzene rings is 2. The minimum atomic E-state index is -0.287. The molecular formula is C27H32N4O4S. The van der Waals surface area contributed by atoms with E-state index in [0.717, 1.165) is 36.6 Å². The molecule has 0 radical (unpaired) electrons. The Morgan fingerprint density at radius 3 is 2.42 bits per heavy atom. The zero-order chi connectivity index (χ0) is 25.7. The number of ether oxygens (including phenoxy) is 2. The zero-order valence-electron chi connectivity index (χ0n) is 21.0. The van der Waals surface area contributed by atoms with Gasteiger partial charge in [-0.3, -0.25) is 9.59 Å². The fourth-order valence-electron chi connectivity index (χ4n) is 4.03. The molecule has 1 unspecified atom stereocenters. The molecule has 8 nitrogen and oxygen atoms in total. The molecule has 2 heterocycles. The van der Waals surface area contributed by atoms with E-state index in [1.165, 1.54) is 23.9 Å². The predicted octanol–water partition coefficient (Wildman–Crippen LogP) is 5.04. The van der Waals surface area contributed by atoms with Crippen molar-refractivity contribution in [1.29, 1.82) is 0 Å². The highest BCUT2D eigenvalue weighted by Gasteiger charge is 2.24. The molecule has 1 aliphatic heterocycles. The third-order valence-corrected chi connectivity index (χ3v) is 6.53. The lowest BCUT2D eigenvalue weighted by molar-refractivity contribution is -0.114. The van der Waals surface area contributed by atoms with Gasteiger partial charge < -0.3 is 25.0 Å². The zero-order valence-corrected chi connectivity index (χ0v) is 21.8. The average molecular weight is 509 g/mol. The third kappa shape index (κ3) is 6.75. The van der Waals surface area contributed by atoms with Crippen LogP contribution < -0.4 is 25.0 Å². The van der Waals surface area contributed by atoms with Crippen molar-refractivity contribution in [2.75, 3.05) is 23.3 Å². The van der Waals surface area contributed by atoms with Gasteiger partial charge in [0, 0.05) is 31.0 Å². The van der Waals surface area contributed by atoms with Crippen molar-refractivity contribution in [2.45, 2.75) is 52.4 Å². The lowest BCUT2D eigenvalue weighted by atomic mass is 10.1. The van der Waals surface area contributed by atoms with Crippen LogP contribution >= 0.6 is 11.3 Å². The number of carbonyl (C=O) groups is 2. The van der Waals surface area contributed by atoms with Crippen LogP contribution in [0, 0.1) is 0 Å². The Morgan fingerprint density at radius 1 is 1.06 bits per heavy atom. The normalized spacial score (nSPS) is 16.0. The van der Waals surface area contributed by atoms with Crippen LogP contribution in [0.5, 0.6) is 11.5 Å². The Morgan fingerprint density at radius 2 is 1.75 bits per heavy atom. The number of thiazole rings is 1. The van der Waals surface area contributed by atoms with Gasteiger partial charge in [-0.2, -0.15) is 0 Å². The maximum Gasteiger partial charge on any atom is 0.271 e. The van der Waals surface area contributed by atoms with Gasteiger partial charge in [-0.05, 0) is 62.7 Å². The minimum Gasteiger partial charge on any atom is -0.491 e. The first-order valence-electron chi connectivity index (χ1n) is 12.1. The Kier molecular flexibility index (Phi) is 8.10. The quantitative estimate of drug-likeness (QED) is 0.421. The maximum absolute atomic E-state index is 12.5. The highest BCUT2D eigenvalue weighted by Crippen LogP contribution is 2.27. The fraction of sp³-hybridized carbons (Fsp3) is 0.370. The molecule has 1 saturated heterocycles. The van der Waals surface area contributed by atoms with Crippen LogP contribution in [0.3, 0.4) is 0 Å². The van der Waals surface area contributed by atoms with E-state index in [9.17, 15) is 9.59 Å². The third-order valence-electron chi connectivity index (χ3n) is 5.77. The van der Waals surface area contributed by atoms with Crippen molar-refractivity contribution in [3.05, 3.63) is 65.2 Å². The Hall–Kier alpha value is -3.59. The van der Waals surface area contributed by atoms with Gasteiger partial charge >= 0.3 is 0 Å². The van der Waals surface area contributed by atoms with E-state index in [2.05, 4.69) is 32.7 Å². The van der Waals surface area contributed by atoms with Gasteiger partial charge in [0.05, 0.1) is 18.7 Å². The van der Waals surface area contributed by atoms with Crippen molar-refractivity contribution in [3.63, 3.8) is 0 Å². The van der Waals surface area contributed by atoms with E-state index in [4.69, 9.17) is 9.47 Å². The van der Waals surface area contributed by atoms with Gasteiger partial charge in [-0.25, -0.2) is 4.98 Å². The first-order valence-corrected chi connectivity index (χ1v) is 13.0. The minimum absolute atomic E-state index is 0.113. The van der Waals surface area contributed by atoms with E-state index in [1.54, 1.807) is 5.38 Å². The van der Waals surface area contributed by atoms with E-state index in [-0.39, 0.29) is 35.8 Å². The van der Waals surface area contributed by atoms with E-state index in [0.29, 0.717) is 5.13 Å². The molecule has 0 saturated carbocycles. The van der Waals surface area contributed by atoms with Gasteiger partial charge in [-0.15, -0.1) is 11.3 Å². The van der Waals surface area contributed by atoms with Crippen molar-refractivity contribution >= 4 is 34.0 Å². The largest absolute Gasteiger partial charge is 0.491 e. The molecule has 2 atom stereocenters. The Labute approximate surface area is 215 Å². The molecule has 1 aromatic heterocycles. The number of nitrogens with zero attached hydrogens (tertiary/aromatic N) is 2. The molecule has 190 valence electrons. The molecule has 2 N–H and O–H groups in total. The summed E-state index contributed by atoms with van der Waals surface area (Å²) < 4.78 is 12.0. The summed E-state index contributed by atoms with van der Waals surface area (Å²) >= 11 is 1.22. The second kappa shape index (κ2) is 11.4. The number of amides is 2. The predicted molar refractivity (Wildman–Crippen MR) is 142 cm³/mol. The van der Waals surface area contributed by atoms with Crippen LogP contribution in [-0.2, 0) is 4.79 Å². The molecule has 4 rings (SSSR count). The number of aromatic nitrogens is 1. The van der Waals surface area contributed by atoms with Gasteiger partial charge in [0.2, 0.25) is 5.91 Å². The molecule has 3 aromatic rings. The van der Waals surface area contributed by atoms with Crippen LogP contribution in [0.1, 0.15) is 56.2 Å². The molecule has 0 bridgehead atoms. The molecule has 1 aliphatic rings. The summed E-state index contributed by atoms with van der Waals surface area (Å²) in [6, 6.07) is 15.8. The standard InChI is InChI=1S/C27H32N4O4S/c1-17(2)34-22-11-7-21(8-12-22)31-14-13-24(15-31)35-23-9-5-20(6-10-23)18(3)28-26(33)25-16-36-27(30-25)29-19(4)32/h5-12,16-18,24H,13-15H2,1-4H3,(H,28,33)(H,29,30,32)/t18-,24?/m0/s1. The van der Waals surface area contributed by atoms with Gasteiger partial charge in [0.25, 0.3) is 5.91 Å². The van der Waals surface area contributed by atoms with Crippen molar-refractivity contribution in [1.82, 2.24) is 10.3 Å². The summed E-state index contributed by atoms with van der Waals surface area (Å²) in [6.45, 7) is 9.13. The van der Waals surface area contributed by atoms with E-state index < -0.39 is 0 Å². The average Bonchev–Trinajstić information content (AvgIpc) is 3.49. The molecule has 2 amide bonds. The summed E-state index contributed by atoms with van der Waals surface area (Å²) in [4.78, 5) is 30.2. The van der Waals surface area contributed by atoms with Crippen LogP contribution in [0.15, 0.2) is 53.9 Å². The lowest BCUT2D eigenvalue weighted by Crippen LogP contribution is -2.27. The summed E-state index contributed by atoms with van der Waals surface area (Å²) in [5.74, 6) is 1.19. The lowest BCUT2D eigenvalue weighted by Gasteiger charge is -2.20. The van der Waals surface area contributed by atoms with Gasteiger partial charge in [-0.1, -0.05) is 12.1 Å². The Bertz CT molecular complexity index is 1180. The van der Waals surface area contributed by atoms with E-state index in [1.807, 2.05) is 57.2 Å². The van der Waals surface area contributed by atoms with Crippen molar-refractivity contribution in [3.8, 4) is 11.5 Å². The number of anilines is 2. The number of nitrogens with one attached hydrogen (secondary N) is 2. The summed E-state index contributed by atoms with van der Waals surface area (Å²) in [7, 11) is 0. The van der Waals surface area contributed by atoms with Crippen LogP contribution in [0.25, 0.3) is 0 Å². The second-order valence-electron chi connectivity index (χ2n) is 9.12. The SMILES string of the molecule is CC(=O)Nc1nc(C(=O)N[C@@H](C)c2ccc(OC3CCN(c4ccc(OC(C)C)cc4)C3)cc2)cs1. The van der Waals surface area contributed by atoms with Crippen LogP contribution in [-0.4, -0.2) is 42.1 Å². The molecule has 1 fully saturated rings. The second-order valence-corrected chi connectivity index (χ2v) is 9.98. The molecule has 0 spiro atoms. The van der Waals surface area contributed by atoms with Gasteiger partial charge in [0.1, 0.15) is 23.3 Å². The molecule has 2 aromatic carbocycles. The highest BCUT2D eigenvalue weighted by molar-refractivity contribution is 7.14. The van der Waals surface area contributed by atoms with Gasteiger partial charge in [0.15, 0.2) is 5.13 Å². The van der Waals surface area contributed by atoms with Crippen molar-refractivity contribution in [2.24, 2.45) is 0 Å². The summed E-state index contributed by atoms with van der Waals surface area (Å²) in [5, 5.41) is 7.57. The number of carbonyl (C=O) groups excluding carboxylic acids is 2. The summed E-state index contributed by atoms with van der Waals surface area (Å²) in [5.41, 5.74) is 2.41. The number of rotatable bonds is 9. The van der Waals surface area contributed by atoms with Crippen LogP contribution in [0.2, 0.25) is 0 Å². The molecule has 0 aliphatic carbocycles. The number of hydrogen-bond acceptors (Lipinski definition) is 7. The summed E-state index contributed by atoms with van der Waals surface area (Å²) in [6.07, 6.45) is 1.22. The monoisotopic (exact) mass is 508 g/mol. The number of hydrogen-bond donors (Lipinski definition) is 2.